The Balaban J connectivity index is 2.41. The molecule has 1 aliphatic heterocycles. The first-order valence-corrected chi connectivity index (χ1v) is 8.02. The molecule has 0 spiro atoms. The van der Waals surface area contributed by atoms with Gasteiger partial charge in [0.1, 0.15) is 11.6 Å². The van der Waals surface area contributed by atoms with Crippen molar-refractivity contribution in [1.82, 2.24) is 10.2 Å². The summed E-state index contributed by atoms with van der Waals surface area (Å²) in [6, 6.07) is 2.30. The third-order valence-corrected chi connectivity index (χ3v) is 4.50. The number of hydrogen-bond acceptors (Lipinski definition) is 2. The van der Waals surface area contributed by atoms with Gasteiger partial charge in [-0.15, -0.1) is 0 Å². The minimum Gasteiger partial charge on any atom is -0.314 e. The Hall–Kier alpha value is -0.710. The van der Waals surface area contributed by atoms with Crippen LogP contribution in [0.15, 0.2) is 12.1 Å². The number of hydrogen-bond donors (Lipinski definition) is 1. The Morgan fingerprint density at radius 1 is 1.29 bits per heavy atom. The first-order valence-electron chi connectivity index (χ1n) is 7.64. The van der Waals surface area contributed by atoms with Gasteiger partial charge in [-0.3, -0.25) is 4.90 Å². The van der Waals surface area contributed by atoms with Crippen LogP contribution in [0.4, 0.5) is 8.78 Å². The predicted octanol–water partition coefficient (Wildman–Crippen LogP) is 4.00. The quantitative estimate of drug-likeness (QED) is 0.826. The largest absolute Gasteiger partial charge is 0.314 e. The van der Waals surface area contributed by atoms with Crippen molar-refractivity contribution < 1.29 is 8.78 Å². The second-order valence-corrected chi connectivity index (χ2v) is 6.16. The van der Waals surface area contributed by atoms with E-state index in [1.54, 1.807) is 0 Å². The van der Waals surface area contributed by atoms with Gasteiger partial charge in [-0.1, -0.05) is 31.9 Å². The van der Waals surface area contributed by atoms with E-state index in [-0.39, 0.29) is 22.5 Å². The van der Waals surface area contributed by atoms with E-state index in [1.165, 1.54) is 12.1 Å². The van der Waals surface area contributed by atoms with Crippen molar-refractivity contribution in [3.63, 3.8) is 0 Å². The molecule has 1 N–H and O–H groups in total. The summed E-state index contributed by atoms with van der Waals surface area (Å²) < 4.78 is 28.7. The zero-order valence-corrected chi connectivity index (χ0v) is 13.4. The van der Waals surface area contributed by atoms with Gasteiger partial charge in [0, 0.05) is 37.8 Å². The third kappa shape index (κ3) is 3.74. The first kappa shape index (κ1) is 16.7. The van der Waals surface area contributed by atoms with Crippen LogP contribution in [-0.2, 0) is 0 Å². The van der Waals surface area contributed by atoms with E-state index in [0.29, 0.717) is 0 Å². The second kappa shape index (κ2) is 7.52. The number of nitrogens with one attached hydrogen (secondary N) is 1. The van der Waals surface area contributed by atoms with Crippen molar-refractivity contribution in [3.05, 3.63) is 34.4 Å². The topological polar surface area (TPSA) is 15.3 Å². The summed E-state index contributed by atoms with van der Waals surface area (Å²) in [5.41, 5.74) is 0.130. The van der Waals surface area contributed by atoms with Crippen LogP contribution in [0.5, 0.6) is 0 Å². The fraction of sp³-hybridized carbons (Fsp3) is 0.625. The zero-order chi connectivity index (χ0) is 15.4. The van der Waals surface area contributed by atoms with Crippen molar-refractivity contribution in [2.45, 2.75) is 32.7 Å². The summed E-state index contributed by atoms with van der Waals surface area (Å²) in [4.78, 5) is 2.18. The Morgan fingerprint density at radius 2 is 1.95 bits per heavy atom. The summed E-state index contributed by atoms with van der Waals surface area (Å²) in [6.07, 6.45) is 1.92. The molecule has 1 unspecified atom stereocenters. The van der Waals surface area contributed by atoms with E-state index in [0.717, 1.165) is 39.0 Å². The summed E-state index contributed by atoms with van der Waals surface area (Å²) in [5, 5.41) is 3.27. The zero-order valence-electron chi connectivity index (χ0n) is 12.6. The Labute approximate surface area is 130 Å². The molecule has 2 nitrogen and oxygen atoms in total. The van der Waals surface area contributed by atoms with Crippen molar-refractivity contribution in [2.24, 2.45) is 5.92 Å². The lowest BCUT2D eigenvalue weighted by Gasteiger charge is -2.39. The standard InChI is InChI=1S/C16H23ClF2N2/c1-3-4-11(2)16(21-9-7-20-8-10-21)14-13(18)6-5-12(17)15(14)19/h5-6,11,16,20H,3-4,7-10H2,1-2H3/t11?,16-/m0/s1. The van der Waals surface area contributed by atoms with E-state index in [9.17, 15) is 8.78 Å². The highest BCUT2D eigenvalue weighted by atomic mass is 35.5. The number of nitrogens with zero attached hydrogens (tertiary/aromatic N) is 1. The molecule has 0 radical (unpaired) electrons. The van der Waals surface area contributed by atoms with Gasteiger partial charge in [-0.05, 0) is 24.5 Å². The van der Waals surface area contributed by atoms with Gasteiger partial charge >= 0.3 is 0 Å². The van der Waals surface area contributed by atoms with E-state index in [4.69, 9.17) is 11.6 Å². The van der Waals surface area contributed by atoms with Gasteiger partial charge in [0.2, 0.25) is 0 Å². The van der Waals surface area contributed by atoms with Crippen LogP contribution in [0.25, 0.3) is 0 Å². The van der Waals surface area contributed by atoms with Gasteiger partial charge in [-0.2, -0.15) is 0 Å². The van der Waals surface area contributed by atoms with E-state index >= 15 is 0 Å². The molecule has 1 aliphatic rings. The van der Waals surface area contributed by atoms with Crippen LogP contribution in [0, 0.1) is 17.6 Å². The van der Waals surface area contributed by atoms with E-state index in [2.05, 4.69) is 24.1 Å². The second-order valence-electron chi connectivity index (χ2n) is 5.75. The normalized spacial score (nSPS) is 19.5. The van der Waals surface area contributed by atoms with E-state index < -0.39 is 11.6 Å². The molecule has 1 aromatic rings. The Kier molecular flexibility index (Phi) is 5.97. The van der Waals surface area contributed by atoms with Crippen LogP contribution >= 0.6 is 11.6 Å². The summed E-state index contributed by atoms with van der Waals surface area (Å²) >= 11 is 5.88. The third-order valence-electron chi connectivity index (χ3n) is 4.20. The highest BCUT2D eigenvalue weighted by Gasteiger charge is 2.32. The average molecular weight is 317 g/mol. The number of piperazine rings is 1. The van der Waals surface area contributed by atoms with Crippen molar-refractivity contribution in [2.75, 3.05) is 26.2 Å². The minimum atomic E-state index is -0.608. The van der Waals surface area contributed by atoms with Gasteiger partial charge in [0.15, 0.2) is 0 Å². The fourth-order valence-electron chi connectivity index (χ4n) is 3.21. The molecule has 2 atom stereocenters. The maximum atomic E-state index is 14.5. The summed E-state index contributed by atoms with van der Waals surface area (Å²) in [5.74, 6) is -0.929. The highest BCUT2D eigenvalue weighted by molar-refractivity contribution is 6.30. The van der Waals surface area contributed by atoms with Crippen LogP contribution < -0.4 is 5.32 Å². The maximum absolute atomic E-state index is 14.5. The highest BCUT2D eigenvalue weighted by Crippen LogP contribution is 2.36. The minimum absolute atomic E-state index is 0.00441. The molecule has 0 bridgehead atoms. The first-order chi connectivity index (χ1) is 10.1. The fourth-order valence-corrected chi connectivity index (χ4v) is 3.38. The molecule has 1 aromatic carbocycles. The monoisotopic (exact) mass is 316 g/mol. The lowest BCUT2D eigenvalue weighted by Crippen LogP contribution is -2.47. The van der Waals surface area contributed by atoms with Crippen LogP contribution in [0.2, 0.25) is 5.02 Å². The number of halogens is 3. The molecule has 0 amide bonds. The maximum Gasteiger partial charge on any atom is 0.149 e. The molecule has 0 aromatic heterocycles. The van der Waals surface area contributed by atoms with Crippen molar-refractivity contribution >= 4 is 11.6 Å². The molecule has 2 rings (SSSR count). The summed E-state index contributed by atoms with van der Waals surface area (Å²) in [6.45, 7) is 7.44. The average Bonchev–Trinajstić information content (AvgIpc) is 2.48. The van der Waals surface area contributed by atoms with Gasteiger partial charge in [0.25, 0.3) is 0 Å². The van der Waals surface area contributed by atoms with Crippen molar-refractivity contribution in [3.8, 4) is 0 Å². The molecule has 1 heterocycles. The molecule has 0 saturated carbocycles. The molecular weight excluding hydrogens is 294 g/mol. The van der Waals surface area contributed by atoms with Crippen LogP contribution in [0.1, 0.15) is 38.3 Å². The van der Waals surface area contributed by atoms with E-state index in [1.807, 2.05) is 0 Å². The number of rotatable bonds is 5. The molecule has 118 valence electrons. The smallest absolute Gasteiger partial charge is 0.149 e. The molecule has 1 saturated heterocycles. The lowest BCUT2D eigenvalue weighted by atomic mass is 9.88. The summed E-state index contributed by atoms with van der Waals surface area (Å²) in [7, 11) is 0. The molecule has 0 aliphatic carbocycles. The SMILES string of the molecule is CCCC(C)[C@@H](c1c(F)ccc(Cl)c1F)N1CCNCC1. The van der Waals surface area contributed by atoms with Crippen molar-refractivity contribution in [1.29, 1.82) is 0 Å². The molecule has 5 heteroatoms. The molecular formula is C16H23ClF2N2. The Morgan fingerprint density at radius 3 is 2.57 bits per heavy atom. The van der Waals surface area contributed by atoms with Gasteiger partial charge < -0.3 is 5.32 Å². The Bertz CT molecular complexity index is 476. The molecule has 21 heavy (non-hydrogen) atoms. The lowest BCUT2D eigenvalue weighted by molar-refractivity contribution is 0.120. The van der Waals surface area contributed by atoms with Gasteiger partial charge in [-0.25, -0.2) is 8.78 Å². The molecule has 1 fully saturated rings. The predicted molar refractivity (Wildman–Crippen MR) is 82.6 cm³/mol. The van der Waals surface area contributed by atoms with Crippen LogP contribution in [0.3, 0.4) is 0 Å². The van der Waals surface area contributed by atoms with Crippen LogP contribution in [-0.4, -0.2) is 31.1 Å². The van der Waals surface area contributed by atoms with Gasteiger partial charge in [0.05, 0.1) is 5.02 Å². The number of benzene rings is 1.